The van der Waals surface area contributed by atoms with Gasteiger partial charge in [0, 0.05) is 18.1 Å². The van der Waals surface area contributed by atoms with Crippen LogP contribution in [0.4, 0.5) is 0 Å². The minimum atomic E-state index is -0.158. The normalized spacial score (nSPS) is 15.1. The molecular weight excluding hydrogens is 410 g/mol. The highest BCUT2D eigenvalue weighted by Gasteiger charge is 2.20. The van der Waals surface area contributed by atoms with Crippen LogP contribution >= 0.6 is 11.6 Å². The first-order valence-corrected chi connectivity index (χ1v) is 11.2. The Labute approximate surface area is 188 Å². The Morgan fingerprint density at radius 1 is 1.03 bits per heavy atom. The van der Waals surface area contributed by atoms with E-state index in [0.717, 1.165) is 44.5 Å². The third-order valence-corrected chi connectivity index (χ3v) is 6.10. The maximum absolute atomic E-state index is 12.5. The van der Waals surface area contributed by atoms with Crippen LogP contribution in [0.5, 0.6) is 0 Å². The number of benzene rings is 2. The van der Waals surface area contributed by atoms with Gasteiger partial charge in [0.1, 0.15) is 0 Å². The zero-order chi connectivity index (χ0) is 21.5. The van der Waals surface area contributed by atoms with Gasteiger partial charge >= 0.3 is 0 Å². The van der Waals surface area contributed by atoms with Crippen LogP contribution in [-0.4, -0.2) is 52.0 Å². The number of carbonyl (C=O) groups excluding carboxylic acids is 1. The molecule has 1 N–H and O–H groups in total. The molecule has 31 heavy (non-hydrogen) atoms. The maximum atomic E-state index is 12.5. The quantitative estimate of drug-likeness (QED) is 0.584. The summed E-state index contributed by atoms with van der Waals surface area (Å²) in [6, 6.07) is 18.2. The van der Waals surface area contributed by atoms with E-state index in [9.17, 15) is 4.79 Å². The largest absolute Gasteiger partial charge is 0.350 e. The Morgan fingerprint density at radius 2 is 1.77 bits per heavy atom. The van der Waals surface area contributed by atoms with E-state index in [1.165, 1.54) is 5.56 Å². The fourth-order valence-electron chi connectivity index (χ4n) is 3.93. The predicted octanol–water partition coefficient (Wildman–Crippen LogP) is 3.66. The highest BCUT2D eigenvalue weighted by molar-refractivity contribution is 6.30. The molecule has 1 aromatic heterocycles. The average molecular weight is 438 g/mol. The highest BCUT2D eigenvalue weighted by Crippen LogP contribution is 2.17. The second kappa shape index (κ2) is 10.6. The van der Waals surface area contributed by atoms with Gasteiger partial charge < -0.3 is 10.2 Å². The van der Waals surface area contributed by atoms with Crippen molar-refractivity contribution in [3.8, 4) is 0 Å². The summed E-state index contributed by atoms with van der Waals surface area (Å²) in [5.74, 6) is 0.356. The van der Waals surface area contributed by atoms with E-state index in [2.05, 4.69) is 50.9 Å². The van der Waals surface area contributed by atoms with Crippen molar-refractivity contribution in [2.45, 2.75) is 25.8 Å². The number of nitrogens with zero attached hydrogens (tertiary/aromatic N) is 4. The van der Waals surface area contributed by atoms with Gasteiger partial charge in [0.05, 0.1) is 12.7 Å². The van der Waals surface area contributed by atoms with Crippen LogP contribution < -0.4 is 5.32 Å². The number of likely N-dealkylation sites (tertiary alicyclic amines) is 1. The van der Waals surface area contributed by atoms with Crippen LogP contribution in [0.2, 0.25) is 5.02 Å². The number of rotatable bonds is 8. The summed E-state index contributed by atoms with van der Waals surface area (Å²) in [5.41, 5.74) is 2.80. The number of hydrogen-bond donors (Lipinski definition) is 1. The molecule has 1 amide bonds. The minimum absolute atomic E-state index is 0.158. The van der Waals surface area contributed by atoms with Gasteiger partial charge in [0.15, 0.2) is 5.69 Å². The summed E-state index contributed by atoms with van der Waals surface area (Å²) >= 11 is 5.92. The second-order valence-corrected chi connectivity index (χ2v) is 8.59. The average Bonchev–Trinajstić information content (AvgIpc) is 3.28. The van der Waals surface area contributed by atoms with Crippen molar-refractivity contribution >= 4 is 17.5 Å². The predicted molar refractivity (Wildman–Crippen MR) is 122 cm³/mol. The topological polar surface area (TPSA) is 63.1 Å². The smallest absolute Gasteiger partial charge is 0.273 e. The lowest BCUT2D eigenvalue weighted by Crippen LogP contribution is -2.39. The Kier molecular flexibility index (Phi) is 7.33. The molecule has 2 aromatic carbocycles. The fraction of sp³-hybridized carbons (Fsp3) is 0.375. The molecule has 2 heterocycles. The summed E-state index contributed by atoms with van der Waals surface area (Å²) in [7, 11) is 0. The van der Waals surface area contributed by atoms with E-state index < -0.39 is 0 Å². The number of halogens is 1. The molecule has 0 saturated carbocycles. The minimum Gasteiger partial charge on any atom is -0.350 e. The molecule has 0 spiro atoms. The van der Waals surface area contributed by atoms with E-state index >= 15 is 0 Å². The number of hydrogen-bond acceptors (Lipinski definition) is 4. The van der Waals surface area contributed by atoms with Crippen molar-refractivity contribution in [2.75, 3.05) is 26.2 Å². The molecule has 0 aliphatic carbocycles. The van der Waals surface area contributed by atoms with Crippen LogP contribution in [0.15, 0.2) is 60.8 Å². The molecule has 0 atom stereocenters. The van der Waals surface area contributed by atoms with Gasteiger partial charge in [-0.25, -0.2) is 4.68 Å². The Morgan fingerprint density at radius 3 is 2.52 bits per heavy atom. The van der Waals surface area contributed by atoms with E-state index in [0.29, 0.717) is 29.7 Å². The van der Waals surface area contributed by atoms with Crippen LogP contribution in [0.3, 0.4) is 0 Å². The third kappa shape index (κ3) is 6.39. The molecule has 0 unspecified atom stereocenters. The number of piperidine rings is 1. The third-order valence-electron chi connectivity index (χ3n) is 5.85. The first-order chi connectivity index (χ1) is 15.2. The number of carbonyl (C=O) groups is 1. The summed E-state index contributed by atoms with van der Waals surface area (Å²) in [6.07, 6.45) is 5.00. The molecule has 1 fully saturated rings. The zero-order valence-electron chi connectivity index (χ0n) is 17.6. The molecule has 1 aliphatic rings. The monoisotopic (exact) mass is 437 g/mol. The lowest BCUT2D eigenvalue weighted by Gasteiger charge is -2.32. The van der Waals surface area contributed by atoms with Crippen molar-refractivity contribution in [3.05, 3.63) is 82.6 Å². The van der Waals surface area contributed by atoms with Crippen molar-refractivity contribution in [2.24, 2.45) is 5.92 Å². The summed E-state index contributed by atoms with van der Waals surface area (Å²) < 4.78 is 1.67. The molecule has 1 aliphatic heterocycles. The van der Waals surface area contributed by atoms with Crippen molar-refractivity contribution < 1.29 is 4.79 Å². The first kappa shape index (κ1) is 21.5. The Hall–Kier alpha value is -2.70. The fourth-order valence-corrected chi connectivity index (χ4v) is 4.06. The van der Waals surface area contributed by atoms with E-state index in [1.807, 2.05) is 24.3 Å². The highest BCUT2D eigenvalue weighted by atomic mass is 35.5. The molecule has 162 valence electrons. The zero-order valence-corrected chi connectivity index (χ0v) is 18.3. The molecule has 3 aromatic rings. The van der Waals surface area contributed by atoms with Crippen LogP contribution in [0.25, 0.3) is 0 Å². The van der Waals surface area contributed by atoms with Gasteiger partial charge in [-0.2, -0.15) is 0 Å². The number of amides is 1. The van der Waals surface area contributed by atoms with Gasteiger partial charge in [0.2, 0.25) is 0 Å². The summed E-state index contributed by atoms with van der Waals surface area (Å²) in [4.78, 5) is 15.0. The van der Waals surface area contributed by atoms with Crippen molar-refractivity contribution in [1.82, 2.24) is 25.2 Å². The molecule has 6 nitrogen and oxygen atoms in total. The molecule has 0 radical (unpaired) electrons. The molecular formula is C24H28ClN5O. The lowest BCUT2D eigenvalue weighted by molar-refractivity contribution is 0.0931. The van der Waals surface area contributed by atoms with Gasteiger partial charge in [0.25, 0.3) is 5.91 Å². The Balaban J connectivity index is 1.17. The van der Waals surface area contributed by atoms with E-state index in [1.54, 1.807) is 10.9 Å². The molecule has 1 saturated heterocycles. The molecule has 7 heteroatoms. The van der Waals surface area contributed by atoms with Crippen molar-refractivity contribution in [3.63, 3.8) is 0 Å². The number of nitrogens with one attached hydrogen (secondary N) is 1. The van der Waals surface area contributed by atoms with Gasteiger partial charge in [-0.05, 0) is 61.5 Å². The lowest BCUT2D eigenvalue weighted by atomic mass is 9.96. The van der Waals surface area contributed by atoms with Crippen LogP contribution in [0, 0.1) is 5.92 Å². The summed E-state index contributed by atoms with van der Waals surface area (Å²) in [5, 5.41) is 11.8. The molecule has 4 rings (SSSR count). The van der Waals surface area contributed by atoms with Gasteiger partial charge in [-0.15, -0.1) is 5.10 Å². The van der Waals surface area contributed by atoms with Gasteiger partial charge in [-0.3, -0.25) is 4.79 Å². The van der Waals surface area contributed by atoms with Crippen LogP contribution in [0.1, 0.15) is 34.5 Å². The molecule has 0 bridgehead atoms. The van der Waals surface area contributed by atoms with E-state index in [4.69, 9.17) is 11.6 Å². The number of aromatic nitrogens is 3. The van der Waals surface area contributed by atoms with E-state index in [-0.39, 0.29) is 5.91 Å². The van der Waals surface area contributed by atoms with Crippen molar-refractivity contribution in [1.29, 1.82) is 0 Å². The Bertz CT molecular complexity index is 965. The maximum Gasteiger partial charge on any atom is 0.273 e. The second-order valence-electron chi connectivity index (χ2n) is 8.16. The van der Waals surface area contributed by atoms with Gasteiger partial charge in [-0.1, -0.05) is 59.3 Å². The standard InChI is InChI=1S/C24H28ClN5O/c25-22-8-6-21(7-9-22)17-30-18-23(27-28-30)24(31)26-16-20-11-14-29(15-12-20)13-10-19-4-2-1-3-5-19/h1-9,18,20H,10-17H2,(H,26,31). The van der Waals surface area contributed by atoms with Crippen LogP contribution in [-0.2, 0) is 13.0 Å². The SMILES string of the molecule is O=C(NCC1CCN(CCc2ccccc2)CC1)c1cn(Cc2ccc(Cl)cc2)nn1. The summed E-state index contributed by atoms with van der Waals surface area (Å²) in [6.45, 7) is 4.52. The first-order valence-electron chi connectivity index (χ1n) is 10.8.